The number of nitrogens with one attached hydrogen (secondary N) is 1. The van der Waals surface area contributed by atoms with Crippen LogP contribution in [0.1, 0.15) is 20.2 Å². The fraction of sp³-hybridized carbons (Fsp3) is 0.316. The van der Waals surface area contributed by atoms with Crippen LogP contribution in [0.25, 0.3) is 11.5 Å². The summed E-state index contributed by atoms with van der Waals surface area (Å²) in [6, 6.07) is 8.79. The van der Waals surface area contributed by atoms with Crippen LogP contribution in [0.3, 0.4) is 0 Å². The molecule has 0 aromatic carbocycles. The minimum atomic E-state index is -0.146. The van der Waals surface area contributed by atoms with Crippen molar-refractivity contribution in [2.45, 2.75) is 0 Å². The van der Waals surface area contributed by atoms with Crippen LogP contribution in [0.5, 0.6) is 0 Å². The molecule has 1 saturated heterocycles. The smallest absolute Gasteiger partial charge is 0.276 e. The van der Waals surface area contributed by atoms with Crippen LogP contribution in [0.4, 0.5) is 0 Å². The zero-order chi connectivity index (χ0) is 19.3. The molecular weight excluding hydrogens is 380 g/mol. The Morgan fingerprint density at radius 3 is 2.71 bits per heavy atom. The van der Waals surface area contributed by atoms with Gasteiger partial charge in [0.1, 0.15) is 0 Å². The fourth-order valence-corrected chi connectivity index (χ4v) is 3.71. The van der Waals surface area contributed by atoms with Crippen molar-refractivity contribution in [1.29, 1.82) is 0 Å². The normalized spacial score (nSPS) is 14.9. The summed E-state index contributed by atoms with van der Waals surface area (Å²) in [6.45, 7) is 4.07. The van der Waals surface area contributed by atoms with Gasteiger partial charge in [-0.2, -0.15) is 0 Å². The number of rotatable bonds is 6. The second kappa shape index (κ2) is 8.41. The number of nitrogens with zero attached hydrogens (tertiary/aromatic N) is 3. The van der Waals surface area contributed by atoms with E-state index in [9.17, 15) is 9.59 Å². The van der Waals surface area contributed by atoms with Crippen molar-refractivity contribution in [3.63, 3.8) is 0 Å². The number of thiophene rings is 1. The number of amides is 2. The Kier molecular flexibility index (Phi) is 5.54. The highest BCUT2D eigenvalue weighted by atomic mass is 32.1. The largest absolute Gasteiger partial charge is 0.461 e. The maximum absolute atomic E-state index is 12.6. The van der Waals surface area contributed by atoms with Crippen LogP contribution < -0.4 is 5.32 Å². The first kappa shape index (κ1) is 18.5. The molecule has 0 spiro atoms. The molecule has 0 saturated carbocycles. The van der Waals surface area contributed by atoms with E-state index < -0.39 is 0 Å². The van der Waals surface area contributed by atoms with E-state index in [-0.39, 0.29) is 17.5 Å². The number of aromatic nitrogens is 1. The summed E-state index contributed by atoms with van der Waals surface area (Å²) in [4.78, 5) is 29.3. The van der Waals surface area contributed by atoms with Gasteiger partial charge < -0.3 is 19.2 Å². The van der Waals surface area contributed by atoms with E-state index in [4.69, 9.17) is 8.94 Å². The summed E-state index contributed by atoms with van der Waals surface area (Å²) in [7, 11) is 0. The van der Waals surface area contributed by atoms with Crippen molar-refractivity contribution < 1.29 is 18.5 Å². The quantitative estimate of drug-likeness (QED) is 0.682. The predicted molar refractivity (Wildman–Crippen MR) is 103 cm³/mol. The first-order valence-electron chi connectivity index (χ1n) is 9.04. The van der Waals surface area contributed by atoms with Crippen LogP contribution in [0.2, 0.25) is 0 Å². The third-order valence-electron chi connectivity index (χ3n) is 4.61. The molecule has 1 aliphatic rings. The van der Waals surface area contributed by atoms with Crippen molar-refractivity contribution in [2.24, 2.45) is 0 Å². The van der Waals surface area contributed by atoms with Crippen molar-refractivity contribution in [3.05, 3.63) is 52.5 Å². The highest BCUT2D eigenvalue weighted by molar-refractivity contribution is 7.12. The number of hydrogen-bond acceptors (Lipinski definition) is 7. The molecule has 0 radical (unpaired) electrons. The molecule has 4 heterocycles. The first-order valence-corrected chi connectivity index (χ1v) is 9.92. The van der Waals surface area contributed by atoms with E-state index in [0.717, 1.165) is 24.5 Å². The van der Waals surface area contributed by atoms with Crippen LogP contribution in [0, 0.1) is 0 Å². The van der Waals surface area contributed by atoms with Gasteiger partial charge in [-0.1, -0.05) is 11.2 Å². The van der Waals surface area contributed by atoms with Crippen LogP contribution in [-0.4, -0.2) is 66.0 Å². The molecule has 2 amide bonds. The number of carbonyl (C=O) groups is 2. The van der Waals surface area contributed by atoms with Crippen molar-refractivity contribution >= 4 is 23.2 Å². The van der Waals surface area contributed by atoms with E-state index >= 15 is 0 Å². The molecule has 0 bridgehead atoms. The molecule has 9 heteroatoms. The predicted octanol–water partition coefficient (Wildman–Crippen LogP) is 2.18. The molecule has 1 N–H and O–H groups in total. The summed E-state index contributed by atoms with van der Waals surface area (Å²) in [5.41, 5.74) is 0.281. The molecule has 1 aliphatic heterocycles. The maximum atomic E-state index is 12.6. The number of furan rings is 1. The maximum Gasteiger partial charge on any atom is 0.276 e. The van der Waals surface area contributed by atoms with Gasteiger partial charge in [0.25, 0.3) is 11.8 Å². The van der Waals surface area contributed by atoms with E-state index in [1.54, 1.807) is 29.4 Å². The minimum absolute atomic E-state index is 0.0396. The minimum Gasteiger partial charge on any atom is -0.461 e. The van der Waals surface area contributed by atoms with Crippen LogP contribution in [-0.2, 0) is 0 Å². The monoisotopic (exact) mass is 400 g/mol. The second-order valence-corrected chi connectivity index (χ2v) is 7.37. The van der Waals surface area contributed by atoms with E-state index in [0.29, 0.717) is 31.2 Å². The van der Waals surface area contributed by atoms with E-state index in [1.165, 1.54) is 11.3 Å². The molecule has 3 aromatic heterocycles. The SMILES string of the molecule is O=C(NCCN1CCN(C(=O)c2cc(-c3ccco3)on2)CC1)c1cccs1. The molecule has 0 unspecified atom stereocenters. The second-order valence-electron chi connectivity index (χ2n) is 6.42. The molecule has 3 aromatic rings. The Bertz CT molecular complexity index is 912. The molecular formula is C19H20N4O4S. The average Bonchev–Trinajstić information content (AvgIpc) is 3.50. The number of carbonyl (C=O) groups excluding carboxylic acids is 2. The third kappa shape index (κ3) is 4.15. The average molecular weight is 400 g/mol. The lowest BCUT2D eigenvalue weighted by molar-refractivity contribution is 0.0628. The lowest BCUT2D eigenvalue weighted by atomic mass is 10.2. The summed E-state index contributed by atoms with van der Waals surface area (Å²) in [5.74, 6) is 0.795. The van der Waals surface area contributed by atoms with Gasteiger partial charge in [0.05, 0.1) is 11.1 Å². The highest BCUT2D eigenvalue weighted by Crippen LogP contribution is 2.21. The van der Waals surface area contributed by atoms with Gasteiger partial charge in [-0.05, 0) is 23.6 Å². The van der Waals surface area contributed by atoms with Crippen molar-refractivity contribution in [2.75, 3.05) is 39.3 Å². The van der Waals surface area contributed by atoms with Gasteiger partial charge in [0.15, 0.2) is 11.5 Å². The summed E-state index contributed by atoms with van der Waals surface area (Å²) in [6.07, 6.45) is 1.54. The molecule has 146 valence electrons. The highest BCUT2D eigenvalue weighted by Gasteiger charge is 2.25. The van der Waals surface area contributed by atoms with Gasteiger partial charge in [0.2, 0.25) is 5.76 Å². The Morgan fingerprint density at radius 1 is 1.14 bits per heavy atom. The summed E-state index contributed by atoms with van der Waals surface area (Å²) < 4.78 is 10.5. The Morgan fingerprint density at radius 2 is 2.00 bits per heavy atom. The van der Waals surface area contributed by atoms with Crippen molar-refractivity contribution in [1.82, 2.24) is 20.3 Å². The molecule has 8 nitrogen and oxygen atoms in total. The first-order chi connectivity index (χ1) is 13.7. The van der Waals surface area contributed by atoms with Gasteiger partial charge in [-0.3, -0.25) is 14.5 Å². The van der Waals surface area contributed by atoms with E-state index in [1.807, 2.05) is 17.5 Å². The zero-order valence-electron chi connectivity index (χ0n) is 15.2. The van der Waals surface area contributed by atoms with Gasteiger partial charge >= 0.3 is 0 Å². The third-order valence-corrected chi connectivity index (χ3v) is 5.48. The summed E-state index contributed by atoms with van der Waals surface area (Å²) in [5, 5.41) is 8.69. The Labute approximate surface area is 165 Å². The zero-order valence-corrected chi connectivity index (χ0v) is 16.0. The van der Waals surface area contributed by atoms with Crippen LogP contribution >= 0.6 is 11.3 Å². The summed E-state index contributed by atoms with van der Waals surface area (Å²) >= 11 is 1.43. The van der Waals surface area contributed by atoms with Crippen LogP contribution in [0.15, 0.2) is 50.9 Å². The Balaban J connectivity index is 1.23. The van der Waals surface area contributed by atoms with E-state index in [2.05, 4.69) is 15.4 Å². The Hall–Kier alpha value is -2.91. The van der Waals surface area contributed by atoms with Gasteiger partial charge in [-0.25, -0.2) is 0 Å². The molecule has 1 fully saturated rings. The molecule has 0 atom stereocenters. The lowest BCUT2D eigenvalue weighted by Gasteiger charge is -2.34. The standard InChI is InChI=1S/C19H20N4O4S/c24-18(17-4-2-12-28-17)20-5-6-22-7-9-23(10-8-22)19(25)14-13-16(27-21-14)15-3-1-11-26-15/h1-4,11-13H,5-10H2,(H,20,24). The molecule has 0 aliphatic carbocycles. The lowest BCUT2D eigenvalue weighted by Crippen LogP contribution is -2.50. The topological polar surface area (TPSA) is 91.8 Å². The number of piperazine rings is 1. The molecule has 4 rings (SSSR count). The molecule has 28 heavy (non-hydrogen) atoms. The fourth-order valence-electron chi connectivity index (χ4n) is 3.07. The van der Waals surface area contributed by atoms with Gasteiger partial charge in [0, 0.05) is 45.3 Å². The number of hydrogen-bond donors (Lipinski definition) is 1. The van der Waals surface area contributed by atoms with Gasteiger partial charge in [-0.15, -0.1) is 11.3 Å². The van der Waals surface area contributed by atoms with Crippen molar-refractivity contribution in [3.8, 4) is 11.5 Å².